The number of benzene rings is 4. The number of nitrogens with one attached hydrogen (secondary N) is 4. The van der Waals surface area contributed by atoms with Gasteiger partial charge in [0.05, 0.1) is 56.6 Å². The third-order valence-electron chi connectivity index (χ3n) is 12.4. The lowest BCUT2D eigenvalue weighted by Gasteiger charge is -2.30. The van der Waals surface area contributed by atoms with Crippen LogP contribution in [0.25, 0.3) is 44.4 Å². The summed E-state index contributed by atoms with van der Waals surface area (Å²) in [5, 5.41) is 8.04. The van der Waals surface area contributed by atoms with Gasteiger partial charge >= 0.3 is 12.1 Å². The van der Waals surface area contributed by atoms with Crippen LogP contribution in [0.4, 0.5) is 4.79 Å². The maximum absolute atomic E-state index is 14.2. The molecule has 8 rings (SSSR count). The molecule has 2 aromatic heterocycles. The quantitative estimate of drug-likeness (QED) is 0.0846. The molecule has 1 unspecified atom stereocenters. The number of aryl methyl sites for hydroxylation is 1. The van der Waals surface area contributed by atoms with Crippen LogP contribution in [0.5, 0.6) is 0 Å². The van der Waals surface area contributed by atoms with Crippen molar-refractivity contribution in [3.8, 4) is 33.6 Å². The van der Waals surface area contributed by atoms with Gasteiger partial charge in [0.2, 0.25) is 11.8 Å². The van der Waals surface area contributed by atoms with Crippen LogP contribution in [0.3, 0.4) is 0 Å². The molecular weight excluding hydrogens is 797 g/mol. The largest absolute Gasteiger partial charge is 0.468 e. The minimum absolute atomic E-state index is 0.0829. The summed E-state index contributed by atoms with van der Waals surface area (Å²) >= 11 is 0. The molecule has 14 heteroatoms. The van der Waals surface area contributed by atoms with E-state index in [0.717, 1.165) is 92.9 Å². The molecule has 2 aliphatic rings. The predicted octanol–water partition coefficient (Wildman–Crippen LogP) is 7.81. The number of likely N-dealkylation sites (tertiary alicyclic amines) is 2. The summed E-state index contributed by atoms with van der Waals surface area (Å²) in [6, 6.07) is 27.0. The van der Waals surface area contributed by atoms with E-state index in [2.05, 4.69) is 81.3 Å². The Labute approximate surface area is 366 Å². The summed E-state index contributed by atoms with van der Waals surface area (Å²) in [5.41, 5.74) is 7.67. The molecule has 14 nitrogen and oxygen atoms in total. The van der Waals surface area contributed by atoms with E-state index in [0.29, 0.717) is 13.1 Å². The maximum atomic E-state index is 14.2. The van der Waals surface area contributed by atoms with Crippen LogP contribution in [0.2, 0.25) is 0 Å². The Balaban J connectivity index is 0.942. The lowest BCUT2D eigenvalue weighted by molar-refractivity contribution is -0.140. The lowest BCUT2D eigenvalue weighted by atomic mass is 9.98. The zero-order valence-corrected chi connectivity index (χ0v) is 36.3. The summed E-state index contributed by atoms with van der Waals surface area (Å²) < 4.78 is 9.63. The third-order valence-corrected chi connectivity index (χ3v) is 12.4. The van der Waals surface area contributed by atoms with Crippen molar-refractivity contribution in [2.75, 3.05) is 33.9 Å². The van der Waals surface area contributed by atoms with Crippen molar-refractivity contribution >= 4 is 34.6 Å². The van der Waals surface area contributed by atoms with E-state index in [1.165, 1.54) is 14.2 Å². The van der Waals surface area contributed by atoms with Crippen molar-refractivity contribution in [2.45, 2.75) is 70.6 Å². The number of amides is 3. The molecule has 2 fully saturated rings. The summed E-state index contributed by atoms with van der Waals surface area (Å²) in [7, 11) is 2.63. The number of esters is 1. The summed E-state index contributed by atoms with van der Waals surface area (Å²) in [6.07, 6.45) is 6.27. The highest BCUT2D eigenvalue weighted by molar-refractivity contribution is 5.91. The smallest absolute Gasteiger partial charge is 0.407 e. The van der Waals surface area contributed by atoms with Crippen LogP contribution < -0.4 is 10.6 Å². The first kappa shape index (κ1) is 42.9. The Hall–Kier alpha value is -6.80. The number of imidazole rings is 2. The van der Waals surface area contributed by atoms with Crippen LogP contribution in [-0.4, -0.2) is 93.5 Å². The van der Waals surface area contributed by atoms with Gasteiger partial charge in [0, 0.05) is 18.7 Å². The number of alkyl carbamates (subject to hydrolysis) is 1. The van der Waals surface area contributed by atoms with E-state index >= 15 is 0 Å². The first-order chi connectivity index (χ1) is 30.5. The minimum Gasteiger partial charge on any atom is -0.468 e. The predicted molar refractivity (Wildman–Crippen MR) is 240 cm³/mol. The van der Waals surface area contributed by atoms with Gasteiger partial charge in [-0.3, -0.25) is 19.7 Å². The van der Waals surface area contributed by atoms with Gasteiger partial charge in [0.15, 0.2) is 0 Å². The molecule has 0 bridgehead atoms. The number of H-pyrrole nitrogens is 2. The summed E-state index contributed by atoms with van der Waals surface area (Å²) in [6.45, 7) is 6.88. The molecule has 6 aromatic rings. The normalized spacial score (nSPS) is 17.2. The van der Waals surface area contributed by atoms with Crippen LogP contribution in [0.15, 0.2) is 97.3 Å². The second-order valence-corrected chi connectivity index (χ2v) is 16.7. The molecule has 0 aliphatic carbocycles. The number of aromatic nitrogens is 4. The van der Waals surface area contributed by atoms with Crippen LogP contribution in [0, 0.1) is 12.8 Å². The van der Waals surface area contributed by atoms with Gasteiger partial charge in [-0.2, -0.15) is 0 Å². The summed E-state index contributed by atoms with van der Waals surface area (Å²) in [4.78, 5) is 72.0. The SMILES string of the molecule is COC(=O)CNC(C(=O)N1CCC[C@H]1c1ncc(-c2ccc(-c3ccc4cc(-c5cnc([C@@H]6CCCN6C(=O)[C@@H](NC(=O)OC)C(C)C)[nH]5)ccc4c3)cc2)[nH]1)c1ccccc1C. The van der Waals surface area contributed by atoms with Gasteiger partial charge in [-0.15, -0.1) is 0 Å². The number of carbonyl (C=O) groups is 4. The van der Waals surface area contributed by atoms with Crippen molar-refractivity contribution in [3.63, 3.8) is 0 Å². The Kier molecular flexibility index (Phi) is 12.7. The number of carbonyl (C=O) groups excluding carboxylic acids is 4. The highest BCUT2D eigenvalue weighted by atomic mass is 16.5. The number of methoxy groups -OCH3 is 2. The average Bonchev–Trinajstić information content (AvgIpc) is 4.15. The second-order valence-electron chi connectivity index (χ2n) is 16.7. The van der Waals surface area contributed by atoms with E-state index in [1.54, 1.807) is 0 Å². The van der Waals surface area contributed by atoms with Gasteiger partial charge in [-0.1, -0.05) is 86.6 Å². The molecule has 326 valence electrons. The fraction of sp³-hybridized carbons (Fsp3) is 0.347. The van der Waals surface area contributed by atoms with E-state index in [1.807, 2.05) is 67.2 Å². The topological polar surface area (TPSA) is 175 Å². The standard InChI is InChI=1S/C49H54N8O6/c1-29(2)43(55-49(61)63-5)47(59)56-22-8-12-40(56)46-52-27-39(54-46)36-21-20-34-24-33(18-19-35(34)25-36)31-14-16-32(17-15-31)38-26-51-45(53-38)41-13-9-23-57(41)48(60)44(50-28-42(58)62-4)37-11-7-6-10-30(37)3/h6-7,10-11,14-21,24-27,29,40-41,43-44,50H,8-9,12-13,22-23,28H2,1-5H3,(H,51,53)(H,52,54)(H,55,61)/t40-,41-,43-,44?/m0/s1. The Morgan fingerprint density at radius 1 is 0.714 bits per heavy atom. The van der Waals surface area contributed by atoms with E-state index < -0.39 is 24.1 Å². The van der Waals surface area contributed by atoms with Crippen molar-refractivity contribution in [1.29, 1.82) is 0 Å². The molecule has 4 N–H and O–H groups in total. The molecule has 0 spiro atoms. The van der Waals surface area contributed by atoms with Gasteiger partial charge < -0.3 is 34.6 Å². The second kappa shape index (κ2) is 18.7. The van der Waals surface area contributed by atoms with E-state index in [9.17, 15) is 19.2 Å². The Bertz CT molecular complexity index is 2620. The third kappa shape index (κ3) is 9.08. The van der Waals surface area contributed by atoms with Crippen molar-refractivity contribution in [3.05, 3.63) is 120 Å². The molecule has 4 atom stereocenters. The fourth-order valence-electron chi connectivity index (χ4n) is 8.91. The molecule has 3 amide bonds. The maximum Gasteiger partial charge on any atom is 0.407 e. The van der Waals surface area contributed by atoms with Crippen LogP contribution in [0.1, 0.15) is 80.4 Å². The number of ether oxygens (including phenoxy) is 2. The Morgan fingerprint density at radius 2 is 1.27 bits per heavy atom. The van der Waals surface area contributed by atoms with E-state index in [4.69, 9.17) is 19.4 Å². The number of aromatic amines is 2. The highest BCUT2D eigenvalue weighted by Crippen LogP contribution is 2.36. The molecule has 2 saturated heterocycles. The number of nitrogens with zero attached hydrogens (tertiary/aromatic N) is 4. The van der Waals surface area contributed by atoms with Gasteiger partial charge in [0.1, 0.15) is 23.7 Å². The zero-order valence-electron chi connectivity index (χ0n) is 36.3. The molecule has 2 aliphatic heterocycles. The average molecular weight is 851 g/mol. The molecule has 4 heterocycles. The summed E-state index contributed by atoms with van der Waals surface area (Å²) in [5.74, 6) is 0.677. The van der Waals surface area contributed by atoms with E-state index in [-0.39, 0.29) is 36.4 Å². The first-order valence-corrected chi connectivity index (χ1v) is 21.6. The van der Waals surface area contributed by atoms with Crippen LogP contribution in [-0.2, 0) is 23.9 Å². The highest BCUT2D eigenvalue weighted by Gasteiger charge is 2.38. The zero-order chi connectivity index (χ0) is 44.2. The van der Waals surface area contributed by atoms with Gasteiger partial charge in [0.25, 0.3) is 0 Å². The molecule has 0 saturated carbocycles. The first-order valence-electron chi connectivity index (χ1n) is 21.6. The minimum atomic E-state index is -0.703. The van der Waals surface area contributed by atoms with Crippen molar-refractivity contribution in [2.24, 2.45) is 5.92 Å². The van der Waals surface area contributed by atoms with Crippen molar-refractivity contribution < 1.29 is 28.7 Å². The number of fused-ring (bicyclic) bond motifs is 1. The molecule has 63 heavy (non-hydrogen) atoms. The fourth-order valence-corrected chi connectivity index (χ4v) is 8.91. The molecule has 0 radical (unpaired) electrons. The Morgan fingerprint density at radius 3 is 1.87 bits per heavy atom. The number of hydrogen-bond donors (Lipinski definition) is 4. The number of rotatable bonds is 13. The molecule has 4 aromatic carbocycles. The van der Waals surface area contributed by atoms with Gasteiger partial charge in [-0.05, 0) is 89.2 Å². The van der Waals surface area contributed by atoms with Crippen LogP contribution >= 0.6 is 0 Å². The molecular formula is C49H54N8O6. The lowest BCUT2D eigenvalue weighted by Crippen LogP contribution is -2.51. The number of hydrogen-bond acceptors (Lipinski definition) is 9. The van der Waals surface area contributed by atoms with Crippen molar-refractivity contribution in [1.82, 2.24) is 40.4 Å². The monoisotopic (exact) mass is 850 g/mol. The van der Waals surface area contributed by atoms with Gasteiger partial charge in [-0.25, -0.2) is 14.8 Å².